The van der Waals surface area contributed by atoms with Gasteiger partial charge in [0.25, 0.3) is 5.91 Å². The van der Waals surface area contributed by atoms with Gasteiger partial charge in [-0.15, -0.1) is 24.5 Å². The molecule has 4 aromatic rings. The van der Waals surface area contributed by atoms with Gasteiger partial charge in [0, 0.05) is 28.7 Å². The predicted molar refractivity (Wildman–Crippen MR) is 142 cm³/mol. The fourth-order valence-electron chi connectivity index (χ4n) is 3.67. The number of amides is 1. The van der Waals surface area contributed by atoms with Gasteiger partial charge < -0.3 is 20.1 Å². The van der Waals surface area contributed by atoms with Crippen molar-refractivity contribution in [1.82, 2.24) is 10.3 Å². The molecule has 11 heteroatoms. The maximum absolute atomic E-state index is 12.6. The van der Waals surface area contributed by atoms with Crippen molar-refractivity contribution >= 4 is 34.0 Å². The van der Waals surface area contributed by atoms with Crippen LogP contribution in [0.4, 0.5) is 24.0 Å². The van der Waals surface area contributed by atoms with Gasteiger partial charge in [0.2, 0.25) is 0 Å². The summed E-state index contributed by atoms with van der Waals surface area (Å²) in [4.78, 5) is 29.6. The number of carboxylic acids is 1. The number of anilines is 2. The van der Waals surface area contributed by atoms with Crippen molar-refractivity contribution in [3.05, 3.63) is 94.9 Å². The number of thiazole rings is 1. The first-order valence-corrected chi connectivity index (χ1v) is 12.7. The zero-order chi connectivity index (χ0) is 28.0. The molecule has 0 saturated carbocycles. The third-order valence-corrected chi connectivity index (χ3v) is 6.50. The SMILES string of the molecule is Cc1ccc(-c2csc(N(Cc3ccc(C(=O)NCCC(=O)O)cc3)c3ccc(OC(F)(F)F)cc3)n2)cc1. The molecule has 0 aliphatic carbocycles. The first-order valence-electron chi connectivity index (χ1n) is 11.8. The number of rotatable bonds is 10. The molecule has 0 radical (unpaired) electrons. The number of hydrogen-bond acceptors (Lipinski definition) is 6. The van der Waals surface area contributed by atoms with Crippen molar-refractivity contribution in [1.29, 1.82) is 0 Å². The van der Waals surface area contributed by atoms with Gasteiger partial charge in [0.15, 0.2) is 5.13 Å². The minimum absolute atomic E-state index is 0.0190. The molecule has 2 N–H and O–H groups in total. The lowest BCUT2D eigenvalue weighted by Gasteiger charge is -2.23. The summed E-state index contributed by atoms with van der Waals surface area (Å²) in [5.74, 6) is -1.72. The van der Waals surface area contributed by atoms with Gasteiger partial charge in [0.1, 0.15) is 5.75 Å². The average molecular weight is 556 g/mol. The van der Waals surface area contributed by atoms with Crippen LogP contribution in [0.25, 0.3) is 11.3 Å². The molecule has 39 heavy (non-hydrogen) atoms. The fourth-order valence-corrected chi connectivity index (χ4v) is 4.53. The smallest absolute Gasteiger partial charge is 0.481 e. The van der Waals surface area contributed by atoms with Crippen LogP contribution in [-0.2, 0) is 11.3 Å². The van der Waals surface area contributed by atoms with E-state index in [0.717, 1.165) is 22.4 Å². The molecule has 0 spiro atoms. The van der Waals surface area contributed by atoms with Crippen molar-refractivity contribution in [3.63, 3.8) is 0 Å². The van der Waals surface area contributed by atoms with Crippen LogP contribution in [0.15, 0.2) is 78.2 Å². The second-order valence-electron chi connectivity index (χ2n) is 8.61. The molecule has 202 valence electrons. The van der Waals surface area contributed by atoms with Gasteiger partial charge >= 0.3 is 12.3 Å². The quantitative estimate of drug-likeness (QED) is 0.230. The van der Waals surface area contributed by atoms with Gasteiger partial charge in [-0.25, -0.2) is 4.98 Å². The molecular formula is C28H24F3N3O4S. The number of hydrogen-bond donors (Lipinski definition) is 2. The highest BCUT2D eigenvalue weighted by molar-refractivity contribution is 7.14. The van der Waals surface area contributed by atoms with Crippen molar-refractivity contribution in [2.24, 2.45) is 0 Å². The van der Waals surface area contributed by atoms with Crippen molar-refractivity contribution < 1.29 is 32.6 Å². The molecule has 3 aromatic carbocycles. The number of aromatic nitrogens is 1. The zero-order valence-electron chi connectivity index (χ0n) is 20.7. The van der Waals surface area contributed by atoms with E-state index in [4.69, 9.17) is 10.1 Å². The molecule has 0 bridgehead atoms. The van der Waals surface area contributed by atoms with E-state index < -0.39 is 12.3 Å². The summed E-state index contributed by atoms with van der Waals surface area (Å²) in [7, 11) is 0. The maximum atomic E-state index is 12.6. The Morgan fingerprint density at radius 3 is 2.28 bits per heavy atom. The van der Waals surface area contributed by atoms with Crippen molar-refractivity contribution in [3.8, 4) is 17.0 Å². The first kappa shape index (κ1) is 27.6. The van der Waals surface area contributed by atoms with Crippen LogP contribution < -0.4 is 15.0 Å². The molecule has 4 rings (SSSR count). The van der Waals surface area contributed by atoms with Gasteiger partial charge in [-0.05, 0) is 48.9 Å². The lowest BCUT2D eigenvalue weighted by Crippen LogP contribution is -2.26. The normalized spacial score (nSPS) is 11.2. The largest absolute Gasteiger partial charge is 0.573 e. The van der Waals surface area contributed by atoms with Crippen LogP contribution in [0.3, 0.4) is 0 Å². The van der Waals surface area contributed by atoms with Gasteiger partial charge in [0.05, 0.1) is 18.7 Å². The summed E-state index contributed by atoms with van der Waals surface area (Å²) in [5, 5.41) is 13.8. The van der Waals surface area contributed by atoms with Crippen molar-refractivity contribution in [2.45, 2.75) is 26.3 Å². The molecule has 1 amide bonds. The molecular weight excluding hydrogens is 531 g/mol. The topological polar surface area (TPSA) is 91.8 Å². The van der Waals surface area contributed by atoms with E-state index in [0.29, 0.717) is 22.9 Å². The standard InChI is InChI=1S/C28H24F3N3O4S/c1-18-2-6-20(7-3-18)24-17-39-27(33-24)34(22-10-12-23(13-11-22)38-28(29,30)31)16-19-4-8-21(9-5-19)26(37)32-15-14-25(35)36/h2-13,17H,14-16H2,1H3,(H,32,37)(H,35,36). The summed E-state index contributed by atoms with van der Waals surface area (Å²) in [5.41, 5.74) is 4.63. The number of benzene rings is 3. The number of ether oxygens (including phenoxy) is 1. The average Bonchev–Trinajstić information content (AvgIpc) is 3.37. The minimum Gasteiger partial charge on any atom is -0.481 e. The molecule has 0 aliphatic rings. The van der Waals surface area contributed by atoms with Gasteiger partial charge in [-0.3, -0.25) is 9.59 Å². The third-order valence-electron chi connectivity index (χ3n) is 5.63. The summed E-state index contributed by atoms with van der Waals surface area (Å²) in [6, 6.07) is 20.2. The Kier molecular flexibility index (Phi) is 8.50. The van der Waals surface area contributed by atoms with E-state index in [-0.39, 0.29) is 24.6 Å². The molecule has 0 saturated heterocycles. The molecule has 0 unspecified atom stereocenters. The number of aliphatic carboxylic acids is 1. The van der Waals surface area contributed by atoms with E-state index in [9.17, 15) is 22.8 Å². The van der Waals surface area contributed by atoms with Crippen LogP contribution in [0.2, 0.25) is 0 Å². The van der Waals surface area contributed by atoms with Crippen LogP contribution in [-0.4, -0.2) is 34.9 Å². The Labute approximate surface area is 226 Å². The van der Waals surface area contributed by atoms with Crippen LogP contribution in [0.5, 0.6) is 5.75 Å². The highest BCUT2D eigenvalue weighted by atomic mass is 32.1. The maximum Gasteiger partial charge on any atom is 0.573 e. The molecule has 0 atom stereocenters. The Morgan fingerprint density at radius 2 is 1.67 bits per heavy atom. The molecule has 7 nitrogen and oxygen atoms in total. The molecule has 0 fully saturated rings. The Balaban J connectivity index is 1.58. The first-order chi connectivity index (χ1) is 18.6. The van der Waals surface area contributed by atoms with Crippen LogP contribution in [0.1, 0.15) is 27.9 Å². The third kappa shape index (κ3) is 7.81. The van der Waals surface area contributed by atoms with Gasteiger partial charge in [-0.2, -0.15) is 0 Å². The second kappa shape index (κ2) is 12.0. The number of nitrogens with zero attached hydrogens (tertiary/aromatic N) is 2. The Bertz CT molecular complexity index is 1420. The van der Waals surface area contributed by atoms with Crippen LogP contribution >= 0.6 is 11.3 Å². The number of carbonyl (C=O) groups excluding carboxylic acids is 1. The molecule has 1 aromatic heterocycles. The van der Waals surface area contributed by atoms with Crippen LogP contribution in [0, 0.1) is 6.92 Å². The highest BCUT2D eigenvalue weighted by Gasteiger charge is 2.31. The lowest BCUT2D eigenvalue weighted by molar-refractivity contribution is -0.274. The zero-order valence-corrected chi connectivity index (χ0v) is 21.6. The molecule has 1 heterocycles. The number of halogens is 3. The highest BCUT2D eigenvalue weighted by Crippen LogP contribution is 2.35. The van der Waals surface area contributed by atoms with E-state index >= 15 is 0 Å². The minimum atomic E-state index is -4.79. The van der Waals surface area contributed by atoms with Gasteiger partial charge in [-0.1, -0.05) is 42.0 Å². The van der Waals surface area contributed by atoms with E-state index in [1.54, 1.807) is 24.3 Å². The number of carbonyl (C=O) groups is 2. The second-order valence-corrected chi connectivity index (χ2v) is 9.44. The number of carboxylic acid groups (broad SMARTS) is 1. The number of aryl methyl sites for hydroxylation is 1. The predicted octanol–water partition coefficient (Wildman–Crippen LogP) is 6.56. The summed E-state index contributed by atoms with van der Waals surface area (Å²) < 4.78 is 41.9. The number of alkyl halides is 3. The van der Waals surface area contributed by atoms with E-state index in [1.165, 1.54) is 35.6 Å². The monoisotopic (exact) mass is 555 g/mol. The molecule has 0 aliphatic heterocycles. The van der Waals surface area contributed by atoms with E-state index in [2.05, 4.69) is 10.1 Å². The summed E-state index contributed by atoms with van der Waals surface area (Å²) >= 11 is 1.40. The summed E-state index contributed by atoms with van der Waals surface area (Å²) in [6.07, 6.45) is -4.97. The number of nitrogens with one attached hydrogen (secondary N) is 1. The van der Waals surface area contributed by atoms with Crippen molar-refractivity contribution in [2.75, 3.05) is 11.4 Å². The Morgan fingerprint density at radius 1 is 1.00 bits per heavy atom. The summed E-state index contributed by atoms with van der Waals surface area (Å²) in [6.45, 7) is 2.33. The van der Waals surface area contributed by atoms with E-state index in [1.807, 2.05) is 41.5 Å². The fraction of sp³-hybridized carbons (Fsp3) is 0.179. The lowest BCUT2D eigenvalue weighted by atomic mass is 10.1. The Hall–Kier alpha value is -4.38.